The number of hydrogen-bond donors (Lipinski definition) is 1. The number of amides is 1. The summed E-state index contributed by atoms with van der Waals surface area (Å²) in [4.78, 5) is 17.2. The van der Waals surface area contributed by atoms with Gasteiger partial charge < -0.3 is 10.0 Å². The normalized spacial score (nSPS) is 26.8. The highest BCUT2D eigenvalue weighted by Crippen LogP contribution is 2.29. The van der Waals surface area contributed by atoms with Gasteiger partial charge in [0.25, 0.3) is 5.91 Å². The second kappa shape index (κ2) is 8.85. The highest BCUT2D eigenvalue weighted by Gasteiger charge is 2.43. The third kappa shape index (κ3) is 4.65. The van der Waals surface area contributed by atoms with Gasteiger partial charge in [-0.15, -0.1) is 0 Å². The Hall–Kier alpha value is -1.91. The number of carbonyl (C=O) groups excluding carboxylic acids is 1. The van der Waals surface area contributed by atoms with Crippen molar-refractivity contribution in [2.24, 2.45) is 5.92 Å². The zero-order valence-corrected chi connectivity index (χ0v) is 17.4. The van der Waals surface area contributed by atoms with E-state index in [1.165, 1.54) is 32.1 Å². The summed E-state index contributed by atoms with van der Waals surface area (Å²) in [5.41, 5.74) is 0.126. The van der Waals surface area contributed by atoms with Gasteiger partial charge in [-0.05, 0) is 37.7 Å². The molecule has 1 aromatic rings. The number of nitrogens with zero attached hydrogens (tertiary/aromatic N) is 5. The van der Waals surface area contributed by atoms with Gasteiger partial charge in [0.1, 0.15) is 6.07 Å². The van der Waals surface area contributed by atoms with E-state index in [0.717, 1.165) is 57.1 Å². The molecule has 1 aromatic heterocycles. The molecule has 1 unspecified atom stereocenters. The first-order chi connectivity index (χ1) is 14.1. The van der Waals surface area contributed by atoms with Crippen LogP contribution in [0.4, 0.5) is 0 Å². The highest BCUT2D eigenvalue weighted by molar-refractivity contribution is 5.86. The predicted molar refractivity (Wildman–Crippen MR) is 109 cm³/mol. The third-order valence-electron chi connectivity index (χ3n) is 6.93. The minimum Gasteiger partial charge on any atom is -0.379 e. The third-order valence-corrected chi connectivity index (χ3v) is 6.93. The fourth-order valence-corrected chi connectivity index (χ4v) is 5.33. The van der Waals surface area contributed by atoms with Crippen molar-refractivity contribution in [3.63, 3.8) is 0 Å². The van der Waals surface area contributed by atoms with E-state index in [0.29, 0.717) is 25.2 Å². The maximum atomic E-state index is 13.2. The molecule has 1 saturated heterocycles. The number of aryl methyl sites for hydroxylation is 1. The van der Waals surface area contributed by atoms with Crippen LogP contribution in [-0.2, 0) is 17.9 Å². The molecule has 2 fully saturated rings. The molecule has 4 rings (SSSR count). The second-order valence-corrected chi connectivity index (χ2v) is 9.14. The molecule has 3 heterocycles. The summed E-state index contributed by atoms with van der Waals surface area (Å²) >= 11 is 0. The minimum absolute atomic E-state index is 0.0879. The topological polar surface area (TPSA) is 85.4 Å². The molecular formula is C22H33N5O2. The molecule has 0 aromatic carbocycles. The van der Waals surface area contributed by atoms with Crippen molar-refractivity contribution in [3.05, 3.63) is 17.5 Å². The number of fused-ring (bicyclic) bond motifs is 1. The van der Waals surface area contributed by atoms with Crippen LogP contribution >= 0.6 is 0 Å². The molecule has 3 aliphatic rings. The first kappa shape index (κ1) is 20.4. The zero-order chi connectivity index (χ0) is 20.3. The molecule has 1 amide bonds. The number of hydrogen-bond acceptors (Lipinski definition) is 5. The standard InChI is InChI=1S/C22H33N5O2/c23-15-19-14-20-16-25(10-5-12-27(20)24-19)17-22(29)9-4-11-26(21(22)28)13-8-18-6-2-1-3-7-18/h14,18,29H,1-13,16-17H2. The van der Waals surface area contributed by atoms with Crippen molar-refractivity contribution < 1.29 is 9.90 Å². The van der Waals surface area contributed by atoms with Gasteiger partial charge in [0.2, 0.25) is 0 Å². The molecule has 0 spiro atoms. The maximum Gasteiger partial charge on any atom is 0.255 e. The largest absolute Gasteiger partial charge is 0.379 e. The number of aromatic nitrogens is 2. The van der Waals surface area contributed by atoms with Gasteiger partial charge >= 0.3 is 0 Å². The smallest absolute Gasteiger partial charge is 0.255 e. The maximum absolute atomic E-state index is 13.2. The lowest BCUT2D eigenvalue weighted by molar-refractivity contribution is -0.160. The average molecular weight is 400 g/mol. The molecule has 1 atom stereocenters. The van der Waals surface area contributed by atoms with Gasteiger partial charge in [0.05, 0.1) is 5.69 Å². The second-order valence-electron chi connectivity index (χ2n) is 9.14. The number of aliphatic hydroxyl groups is 1. The van der Waals surface area contributed by atoms with E-state index in [2.05, 4.69) is 16.1 Å². The lowest BCUT2D eigenvalue weighted by Gasteiger charge is -2.41. The molecular weight excluding hydrogens is 366 g/mol. The van der Waals surface area contributed by atoms with Crippen molar-refractivity contribution in [2.45, 2.75) is 76.5 Å². The van der Waals surface area contributed by atoms with Crippen LogP contribution in [0.25, 0.3) is 0 Å². The van der Waals surface area contributed by atoms with E-state index in [9.17, 15) is 9.90 Å². The monoisotopic (exact) mass is 399 g/mol. The Kier molecular flexibility index (Phi) is 6.21. The Bertz CT molecular complexity index is 764. The number of likely N-dealkylation sites (tertiary alicyclic amines) is 1. The van der Waals surface area contributed by atoms with E-state index < -0.39 is 5.60 Å². The number of nitriles is 1. The minimum atomic E-state index is -1.29. The zero-order valence-electron chi connectivity index (χ0n) is 17.4. The van der Waals surface area contributed by atoms with Crippen LogP contribution in [0.5, 0.6) is 0 Å². The summed E-state index contributed by atoms with van der Waals surface area (Å²) in [7, 11) is 0. The van der Waals surface area contributed by atoms with Crippen molar-refractivity contribution in [1.82, 2.24) is 19.6 Å². The predicted octanol–water partition coefficient (Wildman–Crippen LogP) is 2.28. The fraction of sp³-hybridized carbons (Fsp3) is 0.773. The molecule has 2 aliphatic heterocycles. The molecule has 158 valence electrons. The Morgan fingerprint density at radius 1 is 1.17 bits per heavy atom. The SMILES string of the molecule is N#Cc1cc2n(n1)CCCN(CC1(O)CCCN(CCC3CCCCC3)C1=O)C2. The summed E-state index contributed by atoms with van der Waals surface area (Å²) in [6.45, 7) is 4.12. The Balaban J connectivity index is 1.37. The van der Waals surface area contributed by atoms with E-state index in [4.69, 9.17) is 5.26 Å². The van der Waals surface area contributed by atoms with Crippen LogP contribution in [0, 0.1) is 17.2 Å². The Morgan fingerprint density at radius 3 is 2.79 bits per heavy atom. The molecule has 0 radical (unpaired) electrons. The lowest BCUT2D eigenvalue weighted by Crippen LogP contribution is -2.58. The van der Waals surface area contributed by atoms with Gasteiger partial charge in [0, 0.05) is 39.3 Å². The van der Waals surface area contributed by atoms with Gasteiger partial charge in [-0.3, -0.25) is 14.4 Å². The Morgan fingerprint density at radius 2 is 2.00 bits per heavy atom. The number of piperidine rings is 1. The van der Waals surface area contributed by atoms with Crippen LogP contribution in [0.15, 0.2) is 6.07 Å². The van der Waals surface area contributed by atoms with E-state index in [-0.39, 0.29) is 5.91 Å². The van der Waals surface area contributed by atoms with Gasteiger partial charge in [0.15, 0.2) is 11.3 Å². The molecule has 29 heavy (non-hydrogen) atoms. The van der Waals surface area contributed by atoms with Gasteiger partial charge in [-0.1, -0.05) is 32.1 Å². The molecule has 7 nitrogen and oxygen atoms in total. The molecule has 7 heteroatoms. The summed E-state index contributed by atoms with van der Waals surface area (Å²) in [5, 5.41) is 24.7. The van der Waals surface area contributed by atoms with Crippen molar-refractivity contribution in [1.29, 1.82) is 5.26 Å². The molecule has 1 N–H and O–H groups in total. The van der Waals surface area contributed by atoms with Crippen LogP contribution in [-0.4, -0.2) is 62.4 Å². The van der Waals surface area contributed by atoms with Gasteiger partial charge in [-0.25, -0.2) is 0 Å². The van der Waals surface area contributed by atoms with E-state index in [1.807, 2.05) is 15.6 Å². The van der Waals surface area contributed by atoms with Gasteiger partial charge in [-0.2, -0.15) is 10.4 Å². The van der Waals surface area contributed by atoms with Crippen molar-refractivity contribution in [3.8, 4) is 6.07 Å². The van der Waals surface area contributed by atoms with Crippen LogP contribution < -0.4 is 0 Å². The molecule has 1 aliphatic carbocycles. The molecule has 1 saturated carbocycles. The number of rotatable bonds is 5. The highest BCUT2D eigenvalue weighted by atomic mass is 16.3. The van der Waals surface area contributed by atoms with Crippen molar-refractivity contribution in [2.75, 3.05) is 26.2 Å². The van der Waals surface area contributed by atoms with Crippen LogP contribution in [0.3, 0.4) is 0 Å². The van der Waals surface area contributed by atoms with Crippen molar-refractivity contribution >= 4 is 5.91 Å². The average Bonchev–Trinajstić information content (AvgIpc) is 3.02. The van der Waals surface area contributed by atoms with E-state index in [1.54, 1.807) is 0 Å². The summed E-state index contributed by atoms with van der Waals surface area (Å²) in [6, 6.07) is 3.92. The summed E-state index contributed by atoms with van der Waals surface area (Å²) in [5.74, 6) is 0.654. The summed E-state index contributed by atoms with van der Waals surface area (Å²) < 4.78 is 1.89. The van der Waals surface area contributed by atoms with Crippen LogP contribution in [0.2, 0.25) is 0 Å². The first-order valence-electron chi connectivity index (χ1n) is 11.3. The fourth-order valence-electron chi connectivity index (χ4n) is 5.33. The Labute approximate surface area is 173 Å². The number of carbonyl (C=O) groups is 1. The first-order valence-corrected chi connectivity index (χ1v) is 11.3. The lowest BCUT2D eigenvalue weighted by atomic mass is 9.86. The number of β-amino-alcohol motifs (C(OH)–C–C–N with tert-alkyl or cyclic N) is 1. The van der Waals surface area contributed by atoms with Crippen LogP contribution in [0.1, 0.15) is 69.2 Å². The summed E-state index contributed by atoms with van der Waals surface area (Å²) in [6.07, 6.45) is 9.93. The quantitative estimate of drug-likeness (QED) is 0.821. The van der Waals surface area contributed by atoms with E-state index >= 15 is 0 Å². The molecule has 0 bridgehead atoms.